The van der Waals surface area contributed by atoms with Gasteiger partial charge >= 0.3 is 5.97 Å². The normalized spacial score (nSPS) is 10.2. The summed E-state index contributed by atoms with van der Waals surface area (Å²) in [6.07, 6.45) is 0. The SMILES string of the molecule is Cc1ccc(NC(=O)COC(=O)c2sccc2C)cc1Cl. The number of nitrogens with one attached hydrogen (secondary N) is 1. The van der Waals surface area contributed by atoms with Gasteiger partial charge in [0.05, 0.1) is 0 Å². The molecule has 0 aliphatic heterocycles. The van der Waals surface area contributed by atoms with Crippen LogP contribution < -0.4 is 5.32 Å². The van der Waals surface area contributed by atoms with Crippen molar-refractivity contribution in [3.05, 3.63) is 50.7 Å². The fraction of sp³-hybridized carbons (Fsp3) is 0.200. The molecule has 1 aromatic carbocycles. The van der Waals surface area contributed by atoms with Crippen LogP contribution in [0.2, 0.25) is 5.02 Å². The highest BCUT2D eigenvalue weighted by atomic mass is 35.5. The second-order valence-corrected chi connectivity index (χ2v) is 5.84. The summed E-state index contributed by atoms with van der Waals surface area (Å²) < 4.78 is 4.98. The third-order valence-corrected chi connectivity index (χ3v) is 4.24. The molecule has 110 valence electrons. The van der Waals surface area contributed by atoms with E-state index in [2.05, 4.69) is 5.32 Å². The highest BCUT2D eigenvalue weighted by molar-refractivity contribution is 7.12. The Balaban J connectivity index is 1.89. The molecule has 1 amide bonds. The van der Waals surface area contributed by atoms with Crippen LogP contribution in [0.1, 0.15) is 20.8 Å². The Morgan fingerprint density at radius 3 is 2.62 bits per heavy atom. The second kappa shape index (κ2) is 6.74. The average molecular weight is 324 g/mol. The minimum absolute atomic E-state index is 0.332. The highest BCUT2D eigenvalue weighted by Gasteiger charge is 2.14. The van der Waals surface area contributed by atoms with E-state index in [0.29, 0.717) is 15.6 Å². The van der Waals surface area contributed by atoms with Crippen LogP contribution in [-0.2, 0) is 9.53 Å². The third-order valence-electron chi connectivity index (χ3n) is 2.84. The summed E-state index contributed by atoms with van der Waals surface area (Å²) in [5.74, 6) is -0.892. The maximum absolute atomic E-state index is 11.8. The molecule has 0 saturated heterocycles. The molecule has 1 aromatic heterocycles. The van der Waals surface area contributed by atoms with Crippen molar-refractivity contribution in [1.29, 1.82) is 0 Å². The summed E-state index contributed by atoms with van der Waals surface area (Å²) in [5.41, 5.74) is 2.34. The van der Waals surface area contributed by atoms with E-state index in [1.165, 1.54) is 11.3 Å². The fourth-order valence-corrected chi connectivity index (χ4v) is 2.64. The number of anilines is 1. The first-order chi connectivity index (χ1) is 9.97. The van der Waals surface area contributed by atoms with Crippen molar-refractivity contribution in [1.82, 2.24) is 0 Å². The first-order valence-corrected chi connectivity index (χ1v) is 7.50. The number of rotatable bonds is 4. The number of hydrogen-bond acceptors (Lipinski definition) is 4. The predicted molar refractivity (Wildman–Crippen MR) is 84.2 cm³/mol. The molecule has 0 bridgehead atoms. The molecule has 2 rings (SSSR count). The molecule has 0 unspecified atom stereocenters. The molecule has 0 spiro atoms. The molecule has 4 nitrogen and oxygen atoms in total. The van der Waals surface area contributed by atoms with Crippen LogP contribution >= 0.6 is 22.9 Å². The largest absolute Gasteiger partial charge is 0.451 e. The van der Waals surface area contributed by atoms with Crippen LogP contribution in [-0.4, -0.2) is 18.5 Å². The molecule has 0 atom stereocenters. The molecule has 0 radical (unpaired) electrons. The van der Waals surface area contributed by atoms with E-state index in [1.54, 1.807) is 23.6 Å². The van der Waals surface area contributed by atoms with E-state index < -0.39 is 11.9 Å². The van der Waals surface area contributed by atoms with Gasteiger partial charge in [0.2, 0.25) is 0 Å². The molecule has 6 heteroatoms. The van der Waals surface area contributed by atoms with Crippen molar-refractivity contribution in [2.45, 2.75) is 13.8 Å². The molecule has 0 saturated carbocycles. The van der Waals surface area contributed by atoms with Gasteiger partial charge in [-0.3, -0.25) is 4.79 Å². The van der Waals surface area contributed by atoms with Crippen LogP contribution in [0.25, 0.3) is 0 Å². The van der Waals surface area contributed by atoms with E-state index in [-0.39, 0.29) is 6.61 Å². The first-order valence-electron chi connectivity index (χ1n) is 6.24. The van der Waals surface area contributed by atoms with E-state index in [0.717, 1.165) is 11.1 Å². The Hall–Kier alpha value is -1.85. The number of aryl methyl sites for hydroxylation is 2. The molecular weight excluding hydrogens is 310 g/mol. The standard InChI is InChI=1S/C15H14ClNO3S/c1-9-3-4-11(7-12(9)16)17-13(18)8-20-15(19)14-10(2)5-6-21-14/h3-7H,8H2,1-2H3,(H,17,18). The Labute approximate surface area is 131 Å². The molecule has 21 heavy (non-hydrogen) atoms. The number of carbonyl (C=O) groups is 2. The molecule has 0 aliphatic carbocycles. The van der Waals surface area contributed by atoms with Gasteiger partial charge in [-0.25, -0.2) is 4.79 Å². The van der Waals surface area contributed by atoms with E-state index in [9.17, 15) is 9.59 Å². The molecule has 1 N–H and O–H groups in total. The Morgan fingerprint density at radius 1 is 1.24 bits per heavy atom. The summed E-state index contributed by atoms with van der Waals surface area (Å²) in [7, 11) is 0. The summed E-state index contributed by atoms with van der Waals surface area (Å²) in [5, 5.41) is 5.00. The maximum atomic E-state index is 11.8. The lowest BCUT2D eigenvalue weighted by atomic mass is 10.2. The number of hydrogen-bond donors (Lipinski definition) is 1. The Morgan fingerprint density at radius 2 is 2.00 bits per heavy atom. The second-order valence-electron chi connectivity index (χ2n) is 4.52. The van der Waals surface area contributed by atoms with Crippen LogP contribution in [0.3, 0.4) is 0 Å². The van der Waals surface area contributed by atoms with Gasteiger partial charge in [-0.1, -0.05) is 17.7 Å². The van der Waals surface area contributed by atoms with Crippen LogP contribution in [0, 0.1) is 13.8 Å². The van der Waals surface area contributed by atoms with Crippen LogP contribution in [0.4, 0.5) is 5.69 Å². The van der Waals surface area contributed by atoms with Crippen molar-refractivity contribution >= 4 is 40.5 Å². The minimum atomic E-state index is -0.486. The topological polar surface area (TPSA) is 55.4 Å². The summed E-state index contributed by atoms with van der Waals surface area (Å²) in [4.78, 5) is 24.0. The lowest BCUT2D eigenvalue weighted by Crippen LogP contribution is -2.20. The lowest BCUT2D eigenvalue weighted by molar-refractivity contribution is -0.119. The van der Waals surface area contributed by atoms with Gasteiger partial charge in [-0.15, -0.1) is 11.3 Å². The van der Waals surface area contributed by atoms with Gasteiger partial charge < -0.3 is 10.1 Å². The van der Waals surface area contributed by atoms with Gasteiger partial charge in [0.15, 0.2) is 6.61 Å². The number of benzene rings is 1. The molecule has 2 aromatic rings. The maximum Gasteiger partial charge on any atom is 0.349 e. The number of thiophene rings is 1. The fourth-order valence-electron chi connectivity index (χ4n) is 1.65. The molecule has 0 aliphatic rings. The van der Waals surface area contributed by atoms with Gasteiger partial charge in [-0.2, -0.15) is 0 Å². The van der Waals surface area contributed by atoms with E-state index >= 15 is 0 Å². The van der Waals surface area contributed by atoms with Crippen molar-refractivity contribution in [3.63, 3.8) is 0 Å². The summed E-state index contributed by atoms with van der Waals surface area (Å²) in [6, 6.07) is 7.03. The number of ether oxygens (including phenoxy) is 1. The summed E-state index contributed by atoms with van der Waals surface area (Å²) in [6.45, 7) is 3.36. The third kappa shape index (κ3) is 4.06. The summed E-state index contributed by atoms with van der Waals surface area (Å²) >= 11 is 7.27. The molecule has 1 heterocycles. The van der Waals surface area contributed by atoms with E-state index in [4.69, 9.17) is 16.3 Å². The minimum Gasteiger partial charge on any atom is -0.451 e. The van der Waals surface area contributed by atoms with Crippen LogP contribution in [0.5, 0.6) is 0 Å². The monoisotopic (exact) mass is 323 g/mol. The predicted octanol–water partition coefficient (Wildman–Crippen LogP) is 3.81. The van der Waals surface area contributed by atoms with Crippen molar-refractivity contribution in [2.75, 3.05) is 11.9 Å². The lowest BCUT2D eigenvalue weighted by Gasteiger charge is -2.07. The number of carbonyl (C=O) groups excluding carboxylic acids is 2. The van der Waals surface area contributed by atoms with Gasteiger partial charge in [0.25, 0.3) is 5.91 Å². The highest BCUT2D eigenvalue weighted by Crippen LogP contribution is 2.20. The molecule has 0 fully saturated rings. The number of halogens is 1. The first kappa shape index (κ1) is 15.5. The van der Waals surface area contributed by atoms with Crippen molar-refractivity contribution in [3.8, 4) is 0 Å². The quantitative estimate of drug-likeness (QED) is 0.870. The zero-order valence-electron chi connectivity index (χ0n) is 11.6. The molecular formula is C15H14ClNO3S. The van der Waals surface area contributed by atoms with E-state index in [1.807, 2.05) is 19.9 Å². The average Bonchev–Trinajstić information content (AvgIpc) is 2.86. The Kier molecular flexibility index (Phi) is 4.98. The van der Waals surface area contributed by atoms with Crippen molar-refractivity contribution < 1.29 is 14.3 Å². The number of amides is 1. The van der Waals surface area contributed by atoms with Gasteiger partial charge in [0, 0.05) is 10.7 Å². The Bertz CT molecular complexity index is 681. The van der Waals surface area contributed by atoms with Gasteiger partial charge in [-0.05, 0) is 48.6 Å². The zero-order chi connectivity index (χ0) is 15.4. The zero-order valence-corrected chi connectivity index (χ0v) is 13.2. The van der Waals surface area contributed by atoms with Crippen molar-refractivity contribution in [2.24, 2.45) is 0 Å². The number of esters is 1. The smallest absolute Gasteiger partial charge is 0.349 e. The van der Waals surface area contributed by atoms with Gasteiger partial charge in [0.1, 0.15) is 4.88 Å². The van der Waals surface area contributed by atoms with Crippen LogP contribution in [0.15, 0.2) is 29.6 Å².